The van der Waals surface area contributed by atoms with Crippen LogP contribution < -0.4 is 11.1 Å². The molecule has 0 saturated heterocycles. The van der Waals surface area contributed by atoms with Gasteiger partial charge in [0.25, 0.3) is 0 Å². The van der Waals surface area contributed by atoms with Gasteiger partial charge in [0, 0.05) is 4.47 Å². The highest BCUT2D eigenvalue weighted by Gasteiger charge is 2.16. The van der Waals surface area contributed by atoms with Gasteiger partial charge in [-0.15, -0.1) is 0 Å². The molecule has 19 heavy (non-hydrogen) atoms. The third kappa shape index (κ3) is 3.43. The van der Waals surface area contributed by atoms with Crippen LogP contribution in [0.5, 0.6) is 0 Å². The molecule has 2 aromatic carbocycles. The molecule has 4 heteroatoms. The summed E-state index contributed by atoms with van der Waals surface area (Å²) in [5.41, 5.74) is 8.58. The normalized spacial score (nSPS) is 11.9. The first-order chi connectivity index (χ1) is 9.08. The van der Waals surface area contributed by atoms with Gasteiger partial charge in [-0.05, 0) is 46.1 Å². The first-order valence-corrected chi connectivity index (χ1v) is 6.75. The van der Waals surface area contributed by atoms with Crippen molar-refractivity contribution in [2.24, 2.45) is 5.73 Å². The lowest BCUT2D eigenvalue weighted by Gasteiger charge is -2.13. The summed E-state index contributed by atoms with van der Waals surface area (Å²) >= 11 is 3.43. The topological polar surface area (TPSA) is 55.1 Å². The number of hydrogen-bond donors (Lipinski definition) is 2. The molecule has 0 radical (unpaired) electrons. The van der Waals surface area contributed by atoms with Crippen LogP contribution in [-0.4, -0.2) is 5.91 Å². The molecule has 2 aromatic rings. The fourth-order valence-electron chi connectivity index (χ4n) is 1.74. The van der Waals surface area contributed by atoms with Crippen molar-refractivity contribution in [3.8, 4) is 0 Å². The van der Waals surface area contributed by atoms with E-state index in [1.54, 1.807) is 0 Å². The van der Waals surface area contributed by atoms with Gasteiger partial charge in [-0.1, -0.05) is 36.4 Å². The van der Waals surface area contributed by atoms with Crippen molar-refractivity contribution in [3.63, 3.8) is 0 Å². The minimum absolute atomic E-state index is 0.226. The van der Waals surface area contributed by atoms with Gasteiger partial charge in [0.2, 0.25) is 5.91 Å². The average molecular weight is 319 g/mol. The lowest BCUT2D eigenvalue weighted by molar-refractivity contribution is -0.117. The fourth-order valence-corrected chi connectivity index (χ4v) is 2.34. The van der Waals surface area contributed by atoms with Gasteiger partial charge < -0.3 is 11.1 Å². The quantitative estimate of drug-likeness (QED) is 0.911. The van der Waals surface area contributed by atoms with Crippen molar-refractivity contribution in [2.45, 2.75) is 13.0 Å². The van der Waals surface area contributed by atoms with Crippen LogP contribution in [0.1, 0.15) is 17.2 Å². The zero-order chi connectivity index (χ0) is 13.8. The smallest absolute Gasteiger partial charge is 0.245 e. The molecule has 0 aliphatic rings. The molecule has 1 unspecified atom stereocenters. The molecule has 0 fully saturated rings. The van der Waals surface area contributed by atoms with Gasteiger partial charge in [0.1, 0.15) is 6.04 Å². The van der Waals surface area contributed by atoms with Gasteiger partial charge in [-0.2, -0.15) is 0 Å². The summed E-state index contributed by atoms with van der Waals surface area (Å²) in [7, 11) is 0. The number of aryl methyl sites for hydroxylation is 1. The highest BCUT2D eigenvalue weighted by molar-refractivity contribution is 9.10. The number of benzene rings is 2. The molecular formula is C15H15BrN2O. The summed E-state index contributed by atoms with van der Waals surface area (Å²) in [6, 6.07) is 14.4. The molecule has 3 N–H and O–H groups in total. The molecule has 0 heterocycles. The molecule has 3 nitrogen and oxygen atoms in total. The third-order valence-electron chi connectivity index (χ3n) is 2.82. The first-order valence-electron chi connectivity index (χ1n) is 5.95. The molecule has 1 atom stereocenters. The standard InChI is InChI=1S/C15H15BrN2O/c1-10-7-8-13(12(16)9-10)18-15(19)14(17)11-5-3-2-4-6-11/h2-9,14H,17H2,1H3,(H,18,19). The SMILES string of the molecule is Cc1ccc(NC(=O)C(N)c2ccccc2)c(Br)c1. The van der Waals surface area contributed by atoms with E-state index in [0.29, 0.717) is 0 Å². The van der Waals surface area contributed by atoms with Crippen LogP contribution in [0, 0.1) is 6.92 Å². The van der Waals surface area contributed by atoms with Crippen molar-refractivity contribution < 1.29 is 4.79 Å². The van der Waals surface area contributed by atoms with E-state index >= 15 is 0 Å². The monoisotopic (exact) mass is 318 g/mol. The van der Waals surface area contributed by atoms with Crippen molar-refractivity contribution in [3.05, 3.63) is 64.1 Å². The van der Waals surface area contributed by atoms with E-state index < -0.39 is 6.04 Å². The zero-order valence-electron chi connectivity index (χ0n) is 10.6. The maximum Gasteiger partial charge on any atom is 0.245 e. The molecule has 0 saturated carbocycles. The highest BCUT2D eigenvalue weighted by Crippen LogP contribution is 2.24. The minimum Gasteiger partial charge on any atom is -0.323 e. The number of nitrogens with one attached hydrogen (secondary N) is 1. The van der Waals surface area contributed by atoms with Gasteiger partial charge in [-0.3, -0.25) is 4.79 Å². The second kappa shape index (κ2) is 5.99. The Kier molecular flexibility index (Phi) is 4.35. The van der Waals surface area contributed by atoms with E-state index in [2.05, 4.69) is 21.2 Å². The fraction of sp³-hybridized carbons (Fsp3) is 0.133. The number of carbonyl (C=O) groups excluding carboxylic acids is 1. The summed E-state index contributed by atoms with van der Waals surface area (Å²) in [5.74, 6) is -0.226. The van der Waals surface area contributed by atoms with Crippen molar-refractivity contribution in [2.75, 3.05) is 5.32 Å². The highest BCUT2D eigenvalue weighted by atomic mass is 79.9. The van der Waals surface area contributed by atoms with Crippen molar-refractivity contribution in [1.82, 2.24) is 0 Å². The van der Waals surface area contributed by atoms with Crippen molar-refractivity contribution in [1.29, 1.82) is 0 Å². The first kappa shape index (κ1) is 13.8. The zero-order valence-corrected chi connectivity index (χ0v) is 12.1. The predicted octanol–water partition coefficient (Wildman–Crippen LogP) is 3.40. The Morgan fingerprint density at radius 1 is 1.21 bits per heavy atom. The Bertz CT molecular complexity index is 584. The number of rotatable bonds is 3. The lowest BCUT2D eigenvalue weighted by Crippen LogP contribution is -2.27. The average Bonchev–Trinajstić information content (AvgIpc) is 2.42. The summed E-state index contributed by atoms with van der Waals surface area (Å²) < 4.78 is 0.848. The van der Waals surface area contributed by atoms with Gasteiger partial charge in [0.15, 0.2) is 0 Å². The predicted molar refractivity (Wildman–Crippen MR) is 80.9 cm³/mol. The van der Waals surface area contributed by atoms with Crippen molar-refractivity contribution >= 4 is 27.5 Å². The van der Waals surface area contributed by atoms with Crippen LogP contribution in [0.4, 0.5) is 5.69 Å². The summed E-state index contributed by atoms with van der Waals surface area (Å²) in [6.07, 6.45) is 0. The molecule has 1 amide bonds. The second-order valence-electron chi connectivity index (χ2n) is 4.36. The number of amides is 1. The van der Waals surface area contributed by atoms with Crippen LogP contribution in [0.2, 0.25) is 0 Å². The molecule has 0 aliphatic carbocycles. The summed E-state index contributed by atoms with van der Waals surface area (Å²) in [6.45, 7) is 1.99. The molecule has 0 bridgehead atoms. The van der Waals surface area contributed by atoms with Crippen LogP contribution in [0.3, 0.4) is 0 Å². The van der Waals surface area contributed by atoms with E-state index in [1.807, 2.05) is 55.5 Å². The number of halogens is 1. The summed E-state index contributed by atoms with van der Waals surface area (Å²) in [5, 5.41) is 2.82. The largest absolute Gasteiger partial charge is 0.323 e. The van der Waals surface area contributed by atoms with E-state index in [9.17, 15) is 4.79 Å². The molecular weight excluding hydrogens is 304 g/mol. The summed E-state index contributed by atoms with van der Waals surface area (Å²) in [4.78, 5) is 12.1. The number of hydrogen-bond acceptors (Lipinski definition) is 2. The van der Waals surface area contributed by atoms with Gasteiger partial charge in [-0.25, -0.2) is 0 Å². The van der Waals surface area contributed by atoms with Gasteiger partial charge in [0.05, 0.1) is 5.69 Å². The Balaban J connectivity index is 2.13. The molecule has 0 aliphatic heterocycles. The van der Waals surface area contributed by atoms with Crippen LogP contribution in [0.15, 0.2) is 53.0 Å². The number of nitrogens with two attached hydrogens (primary N) is 1. The van der Waals surface area contributed by atoms with Crippen LogP contribution >= 0.6 is 15.9 Å². The number of anilines is 1. The lowest BCUT2D eigenvalue weighted by atomic mass is 10.1. The Labute approximate surface area is 121 Å². The second-order valence-corrected chi connectivity index (χ2v) is 5.22. The number of carbonyl (C=O) groups is 1. The van der Waals surface area contributed by atoms with Gasteiger partial charge >= 0.3 is 0 Å². The third-order valence-corrected chi connectivity index (χ3v) is 3.48. The molecule has 0 aromatic heterocycles. The molecule has 98 valence electrons. The Morgan fingerprint density at radius 3 is 2.53 bits per heavy atom. The van der Waals surface area contributed by atoms with E-state index in [-0.39, 0.29) is 5.91 Å². The Morgan fingerprint density at radius 2 is 1.89 bits per heavy atom. The van der Waals surface area contributed by atoms with E-state index in [4.69, 9.17) is 5.73 Å². The van der Waals surface area contributed by atoms with E-state index in [0.717, 1.165) is 21.3 Å². The van der Waals surface area contributed by atoms with Crippen LogP contribution in [0.25, 0.3) is 0 Å². The minimum atomic E-state index is -0.672. The maximum absolute atomic E-state index is 12.1. The molecule has 2 rings (SSSR count). The Hall–Kier alpha value is -1.65. The van der Waals surface area contributed by atoms with Crippen LogP contribution in [-0.2, 0) is 4.79 Å². The maximum atomic E-state index is 12.1. The molecule has 0 spiro atoms. The van der Waals surface area contributed by atoms with E-state index in [1.165, 1.54) is 0 Å².